The number of ketones is 1. The van der Waals surface area contributed by atoms with Gasteiger partial charge in [0.05, 0.1) is 25.2 Å². The van der Waals surface area contributed by atoms with E-state index in [0.717, 1.165) is 7.11 Å². The Kier molecular flexibility index (Phi) is 6.32. The number of ether oxygens (including phenoxy) is 2. The first-order valence-corrected chi connectivity index (χ1v) is 10.6. The van der Waals surface area contributed by atoms with Crippen LogP contribution in [-0.2, 0) is 16.0 Å². The van der Waals surface area contributed by atoms with Crippen LogP contribution < -0.4 is 4.74 Å². The van der Waals surface area contributed by atoms with Crippen LogP contribution in [0.15, 0.2) is 40.9 Å². The molecule has 4 rings (SSSR count). The van der Waals surface area contributed by atoms with E-state index in [1.807, 2.05) is 0 Å². The van der Waals surface area contributed by atoms with Crippen molar-refractivity contribution in [2.24, 2.45) is 0 Å². The second-order valence-corrected chi connectivity index (χ2v) is 8.15. The molecule has 1 aromatic heterocycles. The molecule has 1 amide bonds. The average molecular weight is 472 g/mol. The maximum absolute atomic E-state index is 15.4. The number of hydrogen-bond donors (Lipinski definition) is 0. The highest BCUT2D eigenvalue weighted by atomic mass is 19.1. The van der Waals surface area contributed by atoms with Crippen molar-refractivity contribution < 1.29 is 37.2 Å². The molecule has 3 aromatic rings. The van der Waals surface area contributed by atoms with E-state index in [0.29, 0.717) is 5.56 Å². The van der Waals surface area contributed by atoms with Crippen LogP contribution in [0.1, 0.15) is 39.3 Å². The smallest absolute Gasteiger partial charge is 0.381 e. The molecule has 0 radical (unpaired) electrons. The zero-order chi connectivity index (χ0) is 24.5. The van der Waals surface area contributed by atoms with Crippen LogP contribution >= 0.6 is 0 Å². The van der Waals surface area contributed by atoms with Crippen molar-refractivity contribution in [3.63, 3.8) is 0 Å². The minimum Gasteiger partial charge on any atom is -0.496 e. The molecule has 0 saturated carbocycles. The third-order valence-electron chi connectivity index (χ3n) is 5.99. The summed E-state index contributed by atoms with van der Waals surface area (Å²) < 4.78 is 43.4. The number of Topliss-reactive ketones (excluding diaryl/α,β-unsaturated/α-hetero) is 1. The summed E-state index contributed by atoms with van der Waals surface area (Å²) in [5.74, 6) is -2.73. The van der Waals surface area contributed by atoms with Crippen LogP contribution in [0.25, 0.3) is 11.0 Å². The van der Waals surface area contributed by atoms with Gasteiger partial charge in [-0.15, -0.1) is 0 Å². The molecule has 0 atom stereocenters. The Morgan fingerprint density at radius 1 is 1.12 bits per heavy atom. The van der Waals surface area contributed by atoms with Gasteiger partial charge in [0.1, 0.15) is 17.2 Å². The third kappa shape index (κ3) is 4.48. The molecule has 0 aliphatic carbocycles. The number of benzene rings is 2. The molecule has 178 valence electrons. The van der Waals surface area contributed by atoms with E-state index in [4.69, 9.17) is 9.26 Å². The number of piperidine rings is 1. The van der Waals surface area contributed by atoms with Gasteiger partial charge in [0, 0.05) is 25.6 Å². The molecule has 0 unspecified atom stereocenters. The molecule has 0 N–H and O–H groups in total. The normalized spacial score (nSPS) is 15.2. The fraction of sp³-hybridized carbons (Fsp3) is 0.333. The molecule has 2 heterocycles. The largest absolute Gasteiger partial charge is 0.496 e. The van der Waals surface area contributed by atoms with Crippen LogP contribution in [0.2, 0.25) is 0 Å². The van der Waals surface area contributed by atoms with Gasteiger partial charge in [0.15, 0.2) is 11.3 Å². The topological polar surface area (TPSA) is 98.9 Å². The van der Waals surface area contributed by atoms with Gasteiger partial charge in [0.25, 0.3) is 11.7 Å². The van der Waals surface area contributed by atoms with E-state index in [9.17, 15) is 18.8 Å². The predicted octanol–water partition coefficient (Wildman–Crippen LogP) is 3.52. The molecule has 1 aliphatic rings. The number of methoxy groups -OCH3 is 2. The van der Waals surface area contributed by atoms with E-state index < -0.39 is 23.3 Å². The quantitative estimate of drug-likeness (QED) is 0.308. The van der Waals surface area contributed by atoms with Crippen LogP contribution in [-0.4, -0.2) is 60.7 Å². The van der Waals surface area contributed by atoms with Crippen LogP contribution in [0, 0.1) is 5.82 Å². The van der Waals surface area contributed by atoms with Gasteiger partial charge in [-0.25, -0.2) is 13.6 Å². The van der Waals surface area contributed by atoms with Gasteiger partial charge < -0.3 is 18.9 Å². The first kappa shape index (κ1) is 23.3. The fourth-order valence-electron chi connectivity index (χ4n) is 4.08. The van der Waals surface area contributed by atoms with Gasteiger partial charge >= 0.3 is 5.97 Å². The second kappa shape index (κ2) is 9.20. The molecular formula is C24H22F2N2O6. The lowest BCUT2D eigenvalue weighted by Gasteiger charge is -2.36. The summed E-state index contributed by atoms with van der Waals surface area (Å²) >= 11 is 0. The number of carbonyl (C=O) groups excluding carboxylic acids is 3. The highest BCUT2D eigenvalue weighted by Gasteiger charge is 2.37. The first-order valence-electron chi connectivity index (χ1n) is 10.6. The molecule has 0 bridgehead atoms. The lowest BCUT2D eigenvalue weighted by molar-refractivity contribution is -0.135. The number of aromatic nitrogens is 1. The number of amides is 1. The average Bonchev–Trinajstić information content (AvgIpc) is 3.26. The number of carbonyl (C=O) groups is 3. The maximum atomic E-state index is 15.4. The van der Waals surface area contributed by atoms with E-state index in [-0.39, 0.29) is 66.1 Å². The van der Waals surface area contributed by atoms with Crippen molar-refractivity contribution in [1.82, 2.24) is 10.1 Å². The Hall–Kier alpha value is -3.82. The Labute approximate surface area is 193 Å². The number of alkyl halides is 1. The molecule has 2 aromatic carbocycles. The molecule has 10 heteroatoms. The molecule has 1 fully saturated rings. The van der Waals surface area contributed by atoms with E-state index in [1.165, 1.54) is 36.3 Å². The number of hydrogen-bond acceptors (Lipinski definition) is 7. The molecule has 0 spiro atoms. The number of esters is 1. The number of rotatable bonds is 6. The standard InChI is InChI=1S/C24H22F2N2O6/c1-32-18-12-19-16(20(27-34-19)21(29)23(31)33-2)11-17(18)22(30)28-9-7-24(26,8-10-28)13-14-3-5-15(25)6-4-14/h3-6,11-12H,7-10,13H2,1-2H3. The highest BCUT2D eigenvalue weighted by molar-refractivity contribution is 6.42. The van der Waals surface area contributed by atoms with Gasteiger partial charge in [-0.1, -0.05) is 17.3 Å². The molecule has 1 saturated heterocycles. The monoisotopic (exact) mass is 472 g/mol. The van der Waals surface area contributed by atoms with E-state index in [2.05, 4.69) is 9.89 Å². The number of likely N-dealkylation sites (tertiary alicyclic amines) is 1. The zero-order valence-corrected chi connectivity index (χ0v) is 18.6. The predicted molar refractivity (Wildman–Crippen MR) is 116 cm³/mol. The minimum absolute atomic E-state index is 0.111. The summed E-state index contributed by atoms with van der Waals surface area (Å²) in [5.41, 5.74) is -0.828. The minimum atomic E-state index is -1.52. The second-order valence-electron chi connectivity index (χ2n) is 8.15. The fourth-order valence-corrected chi connectivity index (χ4v) is 4.08. The molecular weight excluding hydrogens is 450 g/mol. The zero-order valence-electron chi connectivity index (χ0n) is 18.6. The lowest BCUT2D eigenvalue weighted by Crippen LogP contribution is -2.45. The lowest BCUT2D eigenvalue weighted by atomic mass is 9.86. The van der Waals surface area contributed by atoms with Crippen LogP contribution in [0.5, 0.6) is 5.75 Å². The summed E-state index contributed by atoms with van der Waals surface area (Å²) in [6.45, 7) is 0.324. The third-order valence-corrected chi connectivity index (χ3v) is 5.99. The van der Waals surface area contributed by atoms with Crippen molar-refractivity contribution in [2.75, 3.05) is 27.3 Å². The SMILES string of the molecule is COC(=O)C(=O)c1noc2cc(OC)c(C(=O)N3CCC(F)(Cc4ccc(F)cc4)CC3)cc12. The first-order chi connectivity index (χ1) is 16.2. The Bertz CT molecular complexity index is 1250. The van der Waals surface area contributed by atoms with Crippen LogP contribution in [0.4, 0.5) is 8.78 Å². The van der Waals surface area contributed by atoms with Crippen molar-refractivity contribution in [2.45, 2.75) is 24.9 Å². The Balaban J connectivity index is 1.55. The van der Waals surface area contributed by atoms with E-state index in [1.54, 1.807) is 12.1 Å². The van der Waals surface area contributed by atoms with Gasteiger partial charge in [0.2, 0.25) is 0 Å². The molecule has 8 nitrogen and oxygen atoms in total. The Morgan fingerprint density at radius 3 is 2.41 bits per heavy atom. The van der Waals surface area contributed by atoms with Crippen molar-refractivity contribution >= 4 is 28.6 Å². The Morgan fingerprint density at radius 2 is 1.79 bits per heavy atom. The van der Waals surface area contributed by atoms with Crippen molar-refractivity contribution in [3.05, 3.63) is 59.0 Å². The molecule has 1 aliphatic heterocycles. The van der Waals surface area contributed by atoms with Gasteiger partial charge in [-0.05, 0) is 36.6 Å². The number of fused-ring (bicyclic) bond motifs is 1. The van der Waals surface area contributed by atoms with E-state index >= 15 is 4.39 Å². The summed E-state index contributed by atoms with van der Waals surface area (Å²) in [6.07, 6.45) is 0.352. The molecule has 34 heavy (non-hydrogen) atoms. The van der Waals surface area contributed by atoms with Crippen LogP contribution in [0.3, 0.4) is 0 Å². The summed E-state index contributed by atoms with van der Waals surface area (Å²) in [7, 11) is 2.44. The number of halogens is 2. The number of nitrogens with zero attached hydrogens (tertiary/aromatic N) is 2. The summed E-state index contributed by atoms with van der Waals surface area (Å²) in [6, 6.07) is 8.48. The van der Waals surface area contributed by atoms with Crippen molar-refractivity contribution in [3.8, 4) is 5.75 Å². The summed E-state index contributed by atoms with van der Waals surface area (Å²) in [4.78, 5) is 38.7. The maximum Gasteiger partial charge on any atom is 0.381 e. The van der Waals surface area contributed by atoms with Crippen molar-refractivity contribution in [1.29, 1.82) is 0 Å². The van der Waals surface area contributed by atoms with Gasteiger partial charge in [-0.2, -0.15) is 0 Å². The highest BCUT2D eigenvalue weighted by Crippen LogP contribution is 2.34. The van der Waals surface area contributed by atoms with Gasteiger partial charge in [-0.3, -0.25) is 9.59 Å². The summed E-state index contributed by atoms with van der Waals surface area (Å²) in [5, 5.41) is 3.80.